The fourth-order valence-electron chi connectivity index (χ4n) is 1.93. The summed E-state index contributed by atoms with van der Waals surface area (Å²) in [6.45, 7) is 4.45. The van der Waals surface area contributed by atoms with Crippen LogP contribution >= 0.6 is 0 Å². The van der Waals surface area contributed by atoms with Gasteiger partial charge in [0.15, 0.2) is 5.65 Å². The molecule has 0 radical (unpaired) electrons. The SMILES string of the molecule is CC(C)n1c(CCCO)nc2cccnc21. The van der Waals surface area contributed by atoms with Crippen LogP contribution in [0.25, 0.3) is 11.2 Å². The average Bonchev–Trinajstić information content (AvgIpc) is 2.64. The number of aromatic nitrogens is 3. The fourth-order valence-corrected chi connectivity index (χ4v) is 1.93. The fraction of sp³-hybridized carbons (Fsp3) is 0.500. The zero-order valence-electron chi connectivity index (χ0n) is 9.72. The Bertz CT molecular complexity index is 476. The molecule has 0 atom stereocenters. The smallest absolute Gasteiger partial charge is 0.160 e. The van der Waals surface area contributed by atoms with Crippen molar-refractivity contribution in [1.82, 2.24) is 14.5 Å². The first-order valence-electron chi connectivity index (χ1n) is 5.66. The molecule has 0 saturated carbocycles. The molecule has 2 heterocycles. The van der Waals surface area contributed by atoms with Gasteiger partial charge in [0.1, 0.15) is 11.3 Å². The molecule has 0 fully saturated rings. The van der Waals surface area contributed by atoms with Gasteiger partial charge in [-0.2, -0.15) is 0 Å². The molecule has 2 aromatic rings. The van der Waals surface area contributed by atoms with Gasteiger partial charge in [0, 0.05) is 25.3 Å². The van der Waals surface area contributed by atoms with E-state index in [2.05, 4.69) is 28.4 Å². The molecule has 0 unspecified atom stereocenters. The Morgan fingerprint density at radius 3 is 2.94 bits per heavy atom. The number of nitrogens with zero attached hydrogens (tertiary/aromatic N) is 3. The molecular formula is C12H17N3O. The molecule has 1 N–H and O–H groups in total. The van der Waals surface area contributed by atoms with Crippen molar-refractivity contribution in [2.24, 2.45) is 0 Å². The molecule has 0 aliphatic heterocycles. The monoisotopic (exact) mass is 219 g/mol. The quantitative estimate of drug-likeness (QED) is 0.855. The Balaban J connectivity index is 2.50. The first-order chi connectivity index (χ1) is 7.74. The molecule has 4 nitrogen and oxygen atoms in total. The standard InChI is InChI=1S/C12H17N3O/c1-9(2)15-11(6-4-8-16)14-10-5-3-7-13-12(10)15/h3,5,7,9,16H,4,6,8H2,1-2H3. The molecular weight excluding hydrogens is 202 g/mol. The topological polar surface area (TPSA) is 50.9 Å². The molecule has 0 saturated heterocycles. The molecule has 0 spiro atoms. The maximum absolute atomic E-state index is 8.88. The number of pyridine rings is 1. The molecule has 0 aliphatic rings. The van der Waals surface area contributed by atoms with Gasteiger partial charge in [-0.15, -0.1) is 0 Å². The van der Waals surface area contributed by atoms with E-state index in [1.165, 1.54) is 0 Å². The van der Waals surface area contributed by atoms with Crippen molar-refractivity contribution in [3.63, 3.8) is 0 Å². The van der Waals surface area contributed by atoms with Crippen molar-refractivity contribution in [3.8, 4) is 0 Å². The van der Waals surface area contributed by atoms with Crippen LogP contribution in [-0.4, -0.2) is 26.2 Å². The Kier molecular flexibility index (Phi) is 3.19. The lowest BCUT2D eigenvalue weighted by molar-refractivity contribution is 0.286. The van der Waals surface area contributed by atoms with E-state index in [1.807, 2.05) is 12.1 Å². The van der Waals surface area contributed by atoms with Gasteiger partial charge in [0.2, 0.25) is 0 Å². The second-order valence-electron chi connectivity index (χ2n) is 4.17. The first-order valence-corrected chi connectivity index (χ1v) is 5.66. The summed E-state index contributed by atoms with van der Waals surface area (Å²) in [5.74, 6) is 1.01. The lowest BCUT2D eigenvalue weighted by Gasteiger charge is -2.11. The molecule has 0 bridgehead atoms. The van der Waals surface area contributed by atoms with E-state index in [4.69, 9.17) is 5.11 Å². The minimum Gasteiger partial charge on any atom is -0.396 e. The van der Waals surface area contributed by atoms with Crippen LogP contribution in [0.15, 0.2) is 18.3 Å². The maximum atomic E-state index is 8.88. The molecule has 2 rings (SSSR count). The largest absolute Gasteiger partial charge is 0.396 e. The van der Waals surface area contributed by atoms with E-state index in [9.17, 15) is 0 Å². The summed E-state index contributed by atoms with van der Waals surface area (Å²) in [6, 6.07) is 4.22. The Labute approximate surface area is 95.0 Å². The van der Waals surface area contributed by atoms with Gasteiger partial charge in [-0.3, -0.25) is 0 Å². The van der Waals surface area contributed by atoms with E-state index in [-0.39, 0.29) is 6.61 Å². The lowest BCUT2D eigenvalue weighted by atomic mass is 10.3. The number of hydrogen-bond donors (Lipinski definition) is 1. The van der Waals surface area contributed by atoms with Crippen molar-refractivity contribution in [2.45, 2.75) is 32.7 Å². The summed E-state index contributed by atoms with van der Waals surface area (Å²) in [7, 11) is 0. The third-order valence-corrected chi connectivity index (χ3v) is 2.60. The number of hydrogen-bond acceptors (Lipinski definition) is 3. The van der Waals surface area contributed by atoms with E-state index in [0.29, 0.717) is 6.04 Å². The first kappa shape index (κ1) is 11.1. The van der Waals surface area contributed by atoms with Gasteiger partial charge in [-0.25, -0.2) is 9.97 Å². The number of fused-ring (bicyclic) bond motifs is 1. The summed E-state index contributed by atoms with van der Waals surface area (Å²) in [6.07, 6.45) is 3.33. The third-order valence-electron chi connectivity index (χ3n) is 2.60. The summed E-state index contributed by atoms with van der Waals surface area (Å²) in [4.78, 5) is 8.93. The van der Waals surface area contributed by atoms with Gasteiger partial charge < -0.3 is 9.67 Å². The van der Waals surface area contributed by atoms with Crippen molar-refractivity contribution < 1.29 is 5.11 Å². The summed E-state index contributed by atoms with van der Waals surface area (Å²) in [5.41, 5.74) is 1.87. The highest BCUT2D eigenvalue weighted by Crippen LogP contribution is 2.19. The number of aliphatic hydroxyl groups excluding tert-OH is 1. The minimum absolute atomic E-state index is 0.203. The number of aryl methyl sites for hydroxylation is 1. The zero-order chi connectivity index (χ0) is 11.5. The van der Waals surface area contributed by atoms with Gasteiger partial charge in [-0.1, -0.05) is 0 Å². The van der Waals surface area contributed by atoms with Crippen LogP contribution in [-0.2, 0) is 6.42 Å². The highest BCUT2D eigenvalue weighted by Gasteiger charge is 2.13. The van der Waals surface area contributed by atoms with Crippen LogP contribution < -0.4 is 0 Å². The van der Waals surface area contributed by atoms with Crippen molar-refractivity contribution in [2.75, 3.05) is 6.61 Å². The molecule has 16 heavy (non-hydrogen) atoms. The van der Waals surface area contributed by atoms with Crippen LogP contribution in [0.1, 0.15) is 32.1 Å². The Hall–Kier alpha value is -1.42. The maximum Gasteiger partial charge on any atom is 0.160 e. The minimum atomic E-state index is 0.203. The number of imidazole rings is 1. The zero-order valence-corrected chi connectivity index (χ0v) is 9.72. The van der Waals surface area contributed by atoms with Crippen LogP contribution in [0.2, 0.25) is 0 Å². The summed E-state index contributed by atoms with van der Waals surface area (Å²) >= 11 is 0. The van der Waals surface area contributed by atoms with Crippen molar-refractivity contribution in [1.29, 1.82) is 0 Å². The van der Waals surface area contributed by atoms with E-state index in [1.54, 1.807) is 6.20 Å². The van der Waals surface area contributed by atoms with Crippen molar-refractivity contribution in [3.05, 3.63) is 24.2 Å². The van der Waals surface area contributed by atoms with Gasteiger partial charge in [0.05, 0.1) is 0 Å². The summed E-state index contributed by atoms with van der Waals surface area (Å²) in [5, 5.41) is 8.88. The highest BCUT2D eigenvalue weighted by molar-refractivity contribution is 5.71. The average molecular weight is 219 g/mol. The Morgan fingerprint density at radius 1 is 1.44 bits per heavy atom. The normalized spacial score (nSPS) is 11.5. The number of aliphatic hydroxyl groups is 1. The molecule has 0 aromatic carbocycles. The van der Waals surface area contributed by atoms with Crippen molar-refractivity contribution >= 4 is 11.2 Å². The molecule has 0 aliphatic carbocycles. The van der Waals surface area contributed by atoms with Crippen LogP contribution in [0.5, 0.6) is 0 Å². The van der Waals surface area contributed by atoms with Gasteiger partial charge >= 0.3 is 0 Å². The van der Waals surface area contributed by atoms with Crippen LogP contribution in [0, 0.1) is 0 Å². The van der Waals surface area contributed by atoms with E-state index in [0.717, 1.165) is 29.8 Å². The summed E-state index contributed by atoms with van der Waals surface area (Å²) < 4.78 is 2.14. The molecule has 86 valence electrons. The molecule has 4 heteroatoms. The number of rotatable bonds is 4. The Morgan fingerprint density at radius 2 is 2.25 bits per heavy atom. The predicted octanol–water partition coefficient (Wildman–Crippen LogP) is 1.94. The second kappa shape index (κ2) is 4.61. The predicted molar refractivity (Wildman–Crippen MR) is 63.3 cm³/mol. The van der Waals surface area contributed by atoms with Crippen LogP contribution in [0.4, 0.5) is 0 Å². The van der Waals surface area contributed by atoms with Gasteiger partial charge in [-0.05, 0) is 32.4 Å². The van der Waals surface area contributed by atoms with Crippen LogP contribution in [0.3, 0.4) is 0 Å². The van der Waals surface area contributed by atoms with E-state index >= 15 is 0 Å². The highest BCUT2D eigenvalue weighted by atomic mass is 16.2. The van der Waals surface area contributed by atoms with Gasteiger partial charge in [0.25, 0.3) is 0 Å². The van der Waals surface area contributed by atoms with E-state index < -0.39 is 0 Å². The second-order valence-corrected chi connectivity index (χ2v) is 4.17. The molecule has 2 aromatic heterocycles. The third kappa shape index (κ3) is 1.93. The molecule has 0 amide bonds. The lowest BCUT2D eigenvalue weighted by Crippen LogP contribution is -2.07.